The number of urea groups is 1. The van der Waals surface area contributed by atoms with E-state index in [4.69, 9.17) is 0 Å². The average Bonchev–Trinajstić information content (AvgIpc) is 3.44. The number of piperidine rings is 1. The summed E-state index contributed by atoms with van der Waals surface area (Å²) in [7, 11) is 0. The van der Waals surface area contributed by atoms with Crippen LogP contribution in [0.4, 0.5) is 9.93 Å². The van der Waals surface area contributed by atoms with Crippen molar-refractivity contribution in [2.45, 2.75) is 57.0 Å². The topological polar surface area (TPSA) is 112 Å². The predicted molar refractivity (Wildman–Crippen MR) is 106 cm³/mol. The van der Waals surface area contributed by atoms with Gasteiger partial charge in [0.1, 0.15) is 11.6 Å². The van der Waals surface area contributed by atoms with Crippen LogP contribution in [-0.4, -0.2) is 63.2 Å². The molecule has 0 aromatic carbocycles. The molecule has 2 N–H and O–H groups in total. The van der Waals surface area contributed by atoms with Crippen molar-refractivity contribution in [3.63, 3.8) is 0 Å². The molecular formula is C19H25N5O4S. The quantitative estimate of drug-likeness (QED) is 0.720. The van der Waals surface area contributed by atoms with Gasteiger partial charge in [0.2, 0.25) is 11.8 Å². The molecule has 2 atom stereocenters. The molecule has 2 saturated heterocycles. The van der Waals surface area contributed by atoms with Gasteiger partial charge < -0.3 is 15.5 Å². The third-order valence-electron chi connectivity index (χ3n) is 6.16. The predicted octanol–water partition coefficient (Wildman–Crippen LogP) is 1.57. The van der Waals surface area contributed by atoms with Gasteiger partial charge in [-0.05, 0) is 32.6 Å². The smallest absolute Gasteiger partial charge is 0.325 e. The molecule has 2 aliphatic heterocycles. The summed E-state index contributed by atoms with van der Waals surface area (Å²) < 4.78 is 0. The second kappa shape index (κ2) is 7.74. The minimum absolute atomic E-state index is 0.162. The van der Waals surface area contributed by atoms with Gasteiger partial charge in [-0.25, -0.2) is 14.7 Å². The maximum atomic E-state index is 13.1. The van der Waals surface area contributed by atoms with Crippen molar-refractivity contribution in [3.8, 4) is 0 Å². The molecule has 29 heavy (non-hydrogen) atoms. The van der Waals surface area contributed by atoms with E-state index in [2.05, 4.69) is 15.6 Å². The SMILES string of the molecule is CC(C(=O)N1CCCC(C(=O)Nc2nccs2)C1)N1C(=O)NC2(CCCC2)C1=O. The van der Waals surface area contributed by atoms with Crippen molar-refractivity contribution in [2.24, 2.45) is 5.92 Å². The lowest BCUT2D eigenvalue weighted by molar-refractivity contribution is -0.144. The first kappa shape index (κ1) is 19.8. The molecule has 156 valence electrons. The highest BCUT2D eigenvalue weighted by atomic mass is 32.1. The monoisotopic (exact) mass is 419 g/mol. The van der Waals surface area contributed by atoms with Crippen LogP contribution in [0.25, 0.3) is 0 Å². The molecule has 3 fully saturated rings. The molecular weight excluding hydrogens is 394 g/mol. The Hall–Kier alpha value is -2.49. The van der Waals surface area contributed by atoms with Gasteiger partial charge in [-0.15, -0.1) is 11.3 Å². The van der Waals surface area contributed by atoms with Gasteiger partial charge in [-0.1, -0.05) is 12.8 Å². The second-order valence-corrected chi connectivity index (χ2v) is 8.91. The first-order valence-corrected chi connectivity index (χ1v) is 10.9. The molecule has 1 aromatic heterocycles. The maximum Gasteiger partial charge on any atom is 0.325 e. The number of imide groups is 1. The van der Waals surface area contributed by atoms with Crippen molar-refractivity contribution in [2.75, 3.05) is 18.4 Å². The number of anilines is 1. The van der Waals surface area contributed by atoms with Gasteiger partial charge in [0.15, 0.2) is 5.13 Å². The Morgan fingerprint density at radius 1 is 1.31 bits per heavy atom. The number of hydrogen-bond acceptors (Lipinski definition) is 6. The summed E-state index contributed by atoms with van der Waals surface area (Å²) in [6, 6.07) is -1.38. The van der Waals surface area contributed by atoms with Crippen LogP contribution in [0, 0.1) is 5.92 Å². The number of hydrogen-bond donors (Lipinski definition) is 2. The van der Waals surface area contributed by atoms with E-state index in [0.29, 0.717) is 37.4 Å². The molecule has 9 nitrogen and oxygen atoms in total. The van der Waals surface area contributed by atoms with E-state index >= 15 is 0 Å². The number of amides is 5. The van der Waals surface area contributed by atoms with Gasteiger partial charge in [-0.2, -0.15) is 0 Å². The molecule has 1 saturated carbocycles. The number of nitrogens with one attached hydrogen (secondary N) is 2. The lowest BCUT2D eigenvalue weighted by Crippen LogP contribution is -2.53. The number of rotatable bonds is 4. The molecule has 1 aromatic rings. The van der Waals surface area contributed by atoms with Crippen LogP contribution in [0.1, 0.15) is 45.4 Å². The fourth-order valence-corrected chi connectivity index (χ4v) is 5.10. The van der Waals surface area contributed by atoms with E-state index in [1.807, 2.05) is 0 Å². The summed E-state index contributed by atoms with van der Waals surface area (Å²) in [5, 5.41) is 7.92. The van der Waals surface area contributed by atoms with Crippen molar-refractivity contribution < 1.29 is 19.2 Å². The normalized spacial score (nSPS) is 24.7. The Morgan fingerprint density at radius 3 is 2.76 bits per heavy atom. The molecule has 3 aliphatic rings. The van der Waals surface area contributed by atoms with E-state index < -0.39 is 17.6 Å². The van der Waals surface area contributed by atoms with E-state index in [1.54, 1.807) is 23.4 Å². The molecule has 0 radical (unpaired) electrons. The van der Waals surface area contributed by atoms with E-state index in [-0.39, 0.29) is 30.2 Å². The van der Waals surface area contributed by atoms with E-state index in [9.17, 15) is 19.2 Å². The molecule has 0 bridgehead atoms. The van der Waals surface area contributed by atoms with Crippen molar-refractivity contribution in [3.05, 3.63) is 11.6 Å². The van der Waals surface area contributed by atoms with Gasteiger partial charge >= 0.3 is 6.03 Å². The summed E-state index contributed by atoms with van der Waals surface area (Å²) in [5.74, 6) is -1.09. The molecule has 4 rings (SSSR count). The first-order valence-electron chi connectivity index (χ1n) is 10.1. The molecule has 1 aliphatic carbocycles. The number of likely N-dealkylation sites (tertiary alicyclic amines) is 1. The third-order valence-corrected chi connectivity index (χ3v) is 6.85. The van der Waals surface area contributed by atoms with Crippen LogP contribution < -0.4 is 10.6 Å². The van der Waals surface area contributed by atoms with E-state index in [0.717, 1.165) is 17.7 Å². The lowest BCUT2D eigenvalue weighted by Gasteiger charge is -2.35. The zero-order valence-electron chi connectivity index (χ0n) is 16.3. The highest BCUT2D eigenvalue weighted by Gasteiger charge is 2.55. The van der Waals surface area contributed by atoms with Gasteiger partial charge in [0, 0.05) is 24.7 Å². The number of nitrogens with zero attached hydrogens (tertiary/aromatic N) is 3. The second-order valence-electron chi connectivity index (χ2n) is 8.02. The zero-order valence-corrected chi connectivity index (χ0v) is 17.2. The average molecular weight is 420 g/mol. The third kappa shape index (κ3) is 3.61. The number of thiazole rings is 1. The Kier molecular flexibility index (Phi) is 5.28. The van der Waals surface area contributed by atoms with Gasteiger partial charge in [-0.3, -0.25) is 14.4 Å². The fourth-order valence-electron chi connectivity index (χ4n) is 4.57. The Morgan fingerprint density at radius 2 is 2.07 bits per heavy atom. The van der Waals surface area contributed by atoms with Crippen molar-refractivity contribution in [1.82, 2.24) is 20.1 Å². The summed E-state index contributed by atoms with van der Waals surface area (Å²) in [6.07, 6.45) is 6.03. The van der Waals surface area contributed by atoms with Crippen LogP contribution in [0.15, 0.2) is 11.6 Å². The van der Waals surface area contributed by atoms with Gasteiger partial charge in [0.05, 0.1) is 5.92 Å². The van der Waals surface area contributed by atoms with Crippen LogP contribution >= 0.6 is 11.3 Å². The molecule has 10 heteroatoms. The Bertz CT molecular complexity index is 821. The van der Waals surface area contributed by atoms with Crippen LogP contribution in [-0.2, 0) is 14.4 Å². The zero-order chi connectivity index (χ0) is 20.6. The summed E-state index contributed by atoms with van der Waals surface area (Å²) in [4.78, 5) is 57.7. The molecule has 5 amide bonds. The van der Waals surface area contributed by atoms with E-state index in [1.165, 1.54) is 11.3 Å². The number of aromatic nitrogens is 1. The van der Waals surface area contributed by atoms with Crippen LogP contribution in [0.5, 0.6) is 0 Å². The molecule has 2 unspecified atom stereocenters. The Labute approximate surface area is 172 Å². The standard InChI is InChI=1S/C19H25N5O4S/c1-12(24-16(27)19(22-18(24)28)6-2-3-7-19)15(26)23-9-4-5-13(11-23)14(25)21-17-20-8-10-29-17/h8,10,12-13H,2-7,9,11H2,1H3,(H,22,28)(H,20,21,25). The fraction of sp³-hybridized carbons (Fsp3) is 0.632. The highest BCUT2D eigenvalue weighted by molar-refractivity contribution is 7.13. The lowest BCUT2D eigenvalue weighted by atomic mass is 9.96. The minimum Gasteiger partial charge on any atom is -0.340 e. The van der Waals surface area contributed by atoms with Gasteiger partial charge in [0.25, 0.3) is 5.91 Å². The summed E-state index contributed by atoms with van der Waals surface area (Å²) >= 11 is 1.34. The Balaban J connectivity index is 1.41. The first-order chi connectivity index (χ1) is 13.9. The van der Waals surface area contributed by atoms with Crippen molar-refractivity contribution in [1.29, 1.82) is 0 Å². The molecule has 1 spiro atoms. The molecule has 3 heterocycles. The highest BCUT2D eigenvalue weighted by Crippen LogP contribution is 2.36. The van der Waals surface area contributed by atoms with Crippen LogP contribution in [0.3, 0.4) is 0 Å². The minimum atomic E-state index is -0.886. The summed E-state index contributed by atoms with van der Waals surface area (Å²) in [5.41, 5.74) is -0.830. The number of carbonyl (C=O) groups excluding carboxylic acids is 4. The maximum absolute atomic E-state index is 13.1. The summed E-state index contributed by atoms with van der Waals surface area (Å²) in [6.45, 7) is 2.38. The van der Waals surface area contributed by atoms with Crippen molar-refractivity contribution >= 4 is 40.2 Å². The largest absolute Gasteiger partial charge is 0.340 e. The number of carbonyl (C=O) groups is 4. The van der Waals surface area contributed by atoms with Crippen LogP contribution in [0.2, 0.25) is 0 Å².